The zero-order valence-corrected chi connectivity index (χ0v) is 9.98. The average molecular weight is 252 g/mol. The van der Waals surface area contributed by atoms with Crippen molar-refractivity contribution in [3.8, 4) is 0 Å². The van der Waals surface area contributed by atoms with Gasteiger partial charge in [0.2, 0.25) is 0 Å². The number of amides is 3. The summed E-state index contributed by atoms with van der Waals surface area (Å²) in [7, 11) is 0. The third-order valence-electron chi connectivity index (χ3n) is 2.34. The van der Waals surface area contributed by atoms with E-state index in [-0.39, 0.29) is 0 Å². The molecule has 2 unspecified atom stereocenters. The fourth-order valence-corrected chi connectivity index (χ4v) is 2.69. The highest BCUT2D eigenvalue weighted by molar-refractivity contribution is 8.00. The van der Waals surface area contributed by atoms with E-state index in [1.54, 1.807) is 0 Å². The number of nitrogens with zero attached hydrogens (tertiary/aromatic N) is 1. The van der Waals surface area contributed by atoms with Crippen LogP contribution in [0.25, 0.3) is 0 Å². The quantitative estimate of drug-likeness (QED) is 0.787. The number of hydrogen-bond donors (Lipinski definition) is 2. The van der Waals surface area contributed by atoms with Crippen molar-refractivity contribution in [1.82, 2.24) is 10.2 Å². The Balaban J connectivity index is 2.19. The summed E-state index contributed by atoms with van der Waals surface area (Å²) < 4.78 is 0. The maximum Gasteiger partial charge on any atom is 0.327 e. The van der Waals surface area contributed by atoms with E-state index >= 15 is 0 Å². The van der Waals surface area contributed by atoms with Gasteiger partial charge in [0.15, 0.2) is 5.37 Å². The number of benzene rings is 1. The number of thioether (sulfide) groups is 1. The SMILES string of the molecule is CC(O)N1C(=O)NC(=O)C1Sc1ccccc1. The van der Waals surface area contributed by atoms with E-state index < -0.39 is 23.5 Å². The summed E-state index contributed by atoms with van der Waals surface area (Å²) >= 11 is 1.23. The number of nitrogens with one attached hydrogen (secondary N) is 1. The van der Waals surface area contributed by atoms with E-state index in [0.717, 1.165) is 9.80 Å². The number of aliphatic hydroxyl groups is 1. The molecular weight excluding hydrogens is 240 g/mol. The summed E-state index contributed by atoms with van der Waals surface area (Å²) in [5, 5.41) is 11.0. The molecule has 0 bridgehead atoms. The van der Waals surface area contributed by atoms with Crippen LogP contribution in [0.3, 0.4) is 0 Å². The van der Waals surface area contributed by atoms with Crippen LogP contribution in [0.1, 0.15) is 6.92 Å². The zero-order valence-electron chi connectivity index (χ0n) is 9.16. The number of urea groups is 1. The third kappa shape index (κ3) is 2.42. The first-order valence-corrected chi connectivity index (χ1v) is 6.00. The molecule has 2 atom stereocenters. The van der Waals surface area contributed by atoms with E-state index in [1.165, 1.54) is 18.7 Å². The molecule has 0 saturated carbocycles. The highest BCUT2D eigenvalue weighted by atomic mass is 32.2. The molecule has 1 aromatic carbocycles. The van der Waals surface area contributed by atoms with Crippen molar-refractivity contribution in [2.75, 3.05) is 0 Å². The van der Waals surface area contributed by atoms with Gasteiger partial charge in [-0.25, -0.2) is 4.79 Å². The van der Waals surface area contributed by atoms with Crippen LogP contribution in [0, 0.1) is 0 Å². The molecule has 1 aromatic rings. The first-order valence-electron chi connectivity index (χ1n) is 5.12. The minimum atomic E-state index is -0.998. The van der Waals surface area contributed by atoms with E-state index in [1.807, 2.05) is 30.3 Å². The van der Waals surface area contributed by atoms with Crippen molar-refractivity contribution in [3.05, 3.63) is 30.3 Å². The second-order valence-corrected chi connectivity index (χ2v) is 4.77. The van der Waals surface area contributed by atoms with Crippen molar-refractivity contribution in [1.29, 1.82) is 0 Å². The van der Waals surface area contributed by atoms with Crippen LogP contribution in [0.15, 0.2) is 35.2 Å². The summed E-state index contributed by atoms with van der Waals surface area (Å²) in [5.41, 5.74) is 0. The largest absolute Gasteiger partial charge is 0.374 e. The summed E-state index contributed by atoms with van der Waals surface area (Å²) in [5.74, 6) is -0.398. The Bertz CT molecular complexity index is 436. The standard InChI is InChI=1S/C11H12N2O3S/c1-7(14)13-10(9(15)12-11(13)16)17-8-5-3-2-4-6-8/h2-7,10,14H,1H3,(H,12,15,16). The Hall–Kier alpha value is -1.53. The van der Waals surface area contributed by atoms with Gasteiger partial charge in [-0.05, 0) is 19.1 Å². The molecule has 1 aliphatic rings. The molecule has 6 heteroatoms. The van der Waals surface area contributed by atoms with Crippen LogP contribution in [0.4, 0.5) is 4.79 Å². The number of hydrogen-bond acceptors (Lipinski definition) is 4. The highest BCUT2D eigenvalue weighted by Gasteiger charge is 2.41. The van der Waals surface area contributed by atoms with Crippen LogP contribution in [0.2, 0.25) is 0 Å². The average Bonchev–Trinajstić information content (AvgIpc) is 2.55. The van der Waals surface area contributed by atoms with E-state index in [9.17, 15) is 14.7 Å². The monoisotopic (exact) mass is 252 g/mol. The van der Waals surface area contributed by atoms with Crippen LogP contribution in [-0.2, 0) is 4.79 Å². The molecule has 3 amide bonds. The lowest BCUT2D eigenvalue weighted by Gasteiger charge is -2.23. The minimum absolute atomic E-state index is 0.398. The smallest absolute Gasteiger partial charge is 0.327 e. The molecule has 0 spiro atoms. The summed E-state index contributed by atoms with van der Waals surface area (Å²) in [6.45, 7) is 1.46. The maximum absolute atomic E-state index is 11.6. The van der Waals surface area contributed by atoms with Gasteiger partial charge in [0.25, 0.3) is 5.91 Å². The lowest BCUT2D eigenvalue weighted by Crippen LogP contribution is -2.40. The second kappa shape index (κ2) is 4.77. The van der Waals surface area contributed by atoms with Crippen LogP contribution in [-0.4, -0.2) is 33.5 Å². The van der Waals surface area contributed by atoms with Crippen molar-refractivity contribution < 1.29 is 14.7 Å². The number of imide groups is 1. The maximum atomic E-state index is 11.6. The van der Waals surface area contributed by atoms with Gasteiger partial charge in [0.1, 0.15) is 6.23 Å². The van der Waals surface area contributed by atoms with Gasteiger partial charge < -0.3 is 5.11 Å². The van der Waals surface area contributed by atoms with E-state index in [0.29, 0.717) is 0 Å². The Morgan fingerprint density at radius 1 is 1.35 bits per heavy atom. The highest BCUT2D eigenvalue weighted by Crippen LogP contribution is 2.29. The van der Waals surface area contributed by atoms with Gasteiger partial charge in [0.05, 0.1) is 0 Å². The van der Waals surface area contributed by atoms with Crippen LogP contribution < -0.4 is 5.32 Å². The first-order chi connectivity index (χ1) is 8.09. The van der Waals surface area contributed by atoms with Crippen molar-refractivity contribution >= 4 is 23.7 Å². The minimum Gasteiger partial charge on any atom is -0.374 e. The van der Waals surface area contributed by atoms with E-state index in [4.69, 9.17) is 0 Å². The predicted octanol–water partition coefficient (Wildman–Crippen LogP) is 0.995. The van der Waals surface area contributed by atoms with Gasteiger partial charge in [-0.3, -0.25) is 15.0 Å². The molecule has 90 valence electrons. The van der Waals surface area contributed by atoms with Gasteiger partial charge in [0, 0.05) is 4.90 Å². The van der Waals surface area contributed by atoms with Crippen LogP contribution >= 0.6 is 11.8 Å². The van der Waals surface area contributed by atoms with Gasteiger partial charge in [-0.15, -0.1) is 0 Å². The van der Waals surface area contributed by atoms with Gasteiger partial charge >= 0.3 is 6.03 Å². The number of carbonyl (C=O) groups is 2. The van der Waals surface area contributed by atoms with E-state index in [2.05, 4.69) is 5.32 Å². The van der Waals surface area contributed by atoms with Gasteiger partial charge in [-0.1, -0.05) is 30.0 Å². The molecule has 0 aromatic heterocycles. The lowest BCUT2D eigenvalue weighted by atomic mass is 10.4. The molecule has 1 saturated heterocycles. The molecule has 1 aliphatic heterocycles. The molecular formula is C11H12N2O3S. The van der Waals surface area contributed by atoms with Crippen molar-refractivity contribution in [2.24, 2.45) is 0 Å². The van der Waals surface area contributed by atoms with Crippen molar-refractivity contribution in [2.45, 2.75) is 23.4 Å². The van der Waals surface area contributed by atoms with Crippen molar-refractivity contribution in [3.63, 3.8) is 0 Å². The number of carbonyl (C=O) groups excluding carboxylic acids is 2. The van der Waals surface area contributed by atoms with Gasteiger partial charge in [-0.2, -0.15) is 0 Å². The fourth-order valence-electron chi connectivity index (χ4n) is 1.57. The molecule has 2 N–H and O–H groups in total. The molecule has 5 nitrogen and oxygen atoms in total. The fraction of sp³-hybridized carbons (Fsp3) is 0.273. The molecule has 17 heavy (non-hydrogen) atoms. The third-order valence-corrected chi connectivity index (χ3v) is 3.54. The predicted molar refractivity (Wildman–Crippen MR) is 63.1 cm³/mol. The molecule has 1 fully saturated rings. The molecule has 0 aliphatic carbocycles. The number of rotatable bonds is 3. The summed E-state index contributed by atoms with van der Waals surface area (Å²) in [6, 6.07) is 8.71. The molecule has 2 rings (SSSR count). The summed E-state index contributed by atoms with van der Waals surface area (Å²) in [4.78, 5) is 25.0. The molecule has 1 heterocycles. The number of aliphatic hydroxyl groups excluding tert-OH is 1. The Morgan fingerprint density at radius 2 is 2.00 bits per heavy atom. The summed E-state index contributed by atoms with van der Waals surface area (Å²) in [6.07, 6.45) is -0.998. The second-order valence-electron chi connectivity index (χ2n) is 3.62. The van der Waals surface area contributed by atoms with Crippen LogP contribution in [0.5, 0.6) is 0 Å². The Morgan fingerprint density at radius 3 is 2.59 bits per heavy atom. The normalized spacial score (nSPS) is 21.5. The lowest BCUT2D eigenvalue weighted by molar-refractivity contribution is -0.120. The first kappa shape index (κ1) is 11.9. The molecule has 0 radical (unpaired) electrons. The zero-order chi connectivity index (χ0) is 12.4. The Labute approximate surface area is 103 Å². The topological polar surface area (TPSA) is 69.6 Å². The Kier molecular flexibility index (Phi) is 3.35.